The number of nitrogens with one attached hydrogen (secondary N) is 1. The lowest BCUT2D eigenvalue weighted by molar-refractivity contribution is -0.150. The molecule has 0 radical (unpaired) electrons. The molecule has 2 aliphatic rings. The van der Waals surface area contributed by atoms with Gasteiger partial charge in [0.05, 0.1) is 6.54 Å². The van der Waals surface area contributed by atoms with E-state index in [0.717, 1.165) is 51.9 Å². The summed E-state index contributed by atoms with van der Waals surface area (Å²) in [5.74, 6) is -0.890. The minimum absolute atomic E-state index is 0.0267. The third-order valence-corrected chi connectivity index (χ3v) is 4.15. The van der Waals surface area contributed by atoms with Gasteiger partial charge in [0, 0.05) is 19.6 Å². The molecule has 6 nitrogen and oxygen atoms in total. The Bertz CT molecular complexity index is 341. The van der Waals surface area contributed by atoms with Gasteiger partial charge in [-0.3, -0.25) is 9.69 Å². The largest absolute Gasteiger partial charge is 0.480 e. The monoisotopic (exact) mass is 283 g/mol. The van der Waals surface area contributed by atoms with Crippen LogP contribution in [0.4, 0.5) is 0 Å². The first kappa shape index (κ1) is 15.3. The summed E-state index contributed by atoms with van der Waals surface area (Å²) in [6, 6.07) is -0.630. The van der Waals surface area contributed by atoms with Crippen molar-refractivity contribution in [3.63, 3.8) is 0 Å². The first-order valence-electron chi connectivity index (χ1n) is 7.64. The van der Waals surface area contributed by atoms with E-state index < -0.39 is 12.0 Å². The van der Waals surface area contributed by atoms with Crippen molar-refractivity contribution in [2.45, 2.75) is 38.1 Å². The molecule has 0 saturated carbocycles. The summed E-state index contributed by atoms with van der Waals surface area (Å²) in [6.45, 7) is 4.59. The lowest BCUT2D eigenvalue weighted by Gasteiger charge is -2.29. The van der Waals surface area contributed by atoms with E-state index in [1.54, 1.807) is 4.90 Å². The van der Waals surface area contributed by atoms with Crippen molar-refractivity contribution in [1.82, 2.24) is 15.1 Å². The molecule has 0 spiro atoms. The van der Waals surface area contributed by atoms with Crippen molar-refractivity contribution in [3.05, 3.63) is 0 Å². The van der Waals surface area contributed by atoms with Crippen LogP contribution in [0.3, 0.4) is 0 Å². The van der Waals surface area contributed by atoms with Crippen LogP contribution in [-0.4, -0.2) is 72.1 Å². The fraction of sp³-hybridized carbons (Fsp3) is 0.857. The van der Waals surface area contributed by atoms with Crippen molar-refractivity contribution in [1.29, 1.82) is 0 Å². The molecule has 2 heterocycles. The van der Waals surface area contributed by atoms with Gasteiger partial charge in [-0.05, 0) is 32.4 Å². The molecule has 0 bridgehead atoms. The smallest absolute Gasteiger partial charge is 0.326 e. The minimum atomic E-state index is -0.863. The first-order chi connectivity index (χ1) is 9.68. The molecular weight excluding hydrogens is 258 g/mol. The van der Waals surface area contributed by atoms with Crippen molar-refractivity contribution < 1.29 is 14.7 Å². The van der Waals surface area contributed by atoms with Crippen LogP contribution in [0, 0.1) is 0 Å². The van der Waals surface area contributed by atoms with E-state index in [-0.39, 0.29) is 5.91 Å². The summed E-state index contributed by atoms with van der Waals surface area (Å²) in [6.07, 6.45) is 4.45. The highest BCUT2D eigenvalue weighted by molar-refractivity contribution is 5.84. The second-order valence-corrected chi connectivity index (χ2v) is 5.67. The fourth-order valence-electron chi connectivity index (χ4n) is 3.01. The first-order valence-corrected chi connectivity index (χ1v) is 7.64. The standard InChI is InChI=1S/C14H25N3O3/c18-13(11-16-8-4-6-15-7-10-16)17-9-3-1-2-5-12(17)14(19)20/h12,15H,1-11H2,(H,19,20). The number of amides is 1. The molecule has 2 fully saturated rings. The van der Waals surface area contributed by atoms with Crippen molar-refractivity contribution >= 4 is 11.9 Å². The van der Waals surface area contributed by atoms with Gasteiger partial charge in [0.2, 0.25) is 5.91 Å². The van der Waals surface area contributed by atoms with Crippen LogP contribution in [0.1, 0.15) is 32.1 Å². The number of carboxylic acid groups (broad SMARTS) is 1. The van der Waals surface area contributed by atoms with E-state index in [1.165, 1.54) is 0 Å². The summed E-state index contributed by atoms with van der Waals surface area (Å²) >= 11 is 0. The molecule has 0 aromatic rings. The number of carbonyl (C=O) groups excluding carboxylic acids is 1. The zero-order valence-corrected chi connectivity index (χ0v) is 12.0. The lowest BCUT2D eigenvalue weighted by Crippen LogP contribution is -2.49. The Kier molecular flexibility index (Phi) is 5.79. The predicted octanol–water partition coefficient (Wildman–Crippen LogP) is 0.138. The summed E-state index contributed by atoms with van der Waals surface area (Å²) in [4.78, 5) is 27.5. The topological polar surface area (TPSA) is 72.9 Å². The molecule has 6 heteroatoms. The van der Waals surface area contributed by atoms with Gasteiger partial charge < -0.3 is 15.3 Å². The summed E-state index contributed by atoms with van der Waals surface area (Å²) < 4.78 is 0. The highest BCUT2D eigenvalue weighted by Gasteiger charge is 2.31. The van der Waals surface area contributed by atoms with Crippen LogP contribution in [0.5, 0.6) is 0 Å². The molecule has 1 atom stereocenters. The average molecular weight is 283 g/mol. The van der Waals surface area contributed by atoms with Crippen LogP contribution in [0.2, 0.25) is 0 Å². The number of hydrogen-bond donors (Lipinski definition) is 2. The minimum Gasteiger partial charge on any atom is -0.480 e. The van der Waals surface area contributed by atoms with Gasteiger partial charge in [-0.25, -0.2) is 4.79 Å². The number of rotatable bonds is 3. The Morgan fingerprint density at radius 3 is 2.70 bits per heavy atom. The molecule has 0 aromatic heterocycles. The van der Waals surface area contributed by atoms with Gasteiger partial charge >= 0.3 is 5.97 Å². The van der Waals surface area contributed by atoms with E-state index in [0.29, 0.717) is 19.5 Å². The van der Waals surface area contributed by atoms with Crippen LogP contribution in [0.25, 0.3) is 0 Å². The molecule has 114 valence electrons. The van der Waals surface area contributed by atoms with Crippen molar-refractivity contribution in [2.75, 3.05) is 39.3 Å². The number of nitrogens with zero attached hydrogens (tertiary/aromatic N) is 2. The zero-order chi connectivity index (χ0) is 14.4. The molecule has 0 aromatic carbocycles. The van der Waals surface area contributed by atoms with Crippen molar-refractivity contribution in [2.24, 2.45) is 0 Å². The van der Waals surface area contributed by atoms with E-state index in [2.05, 4.69) is 10.2 Å². The molecule has 2 N–H and O–H groups in total. The Hall–Kier alpha value is -1.14. The van der Waals surface area contributed by atoms with Gasteiger partial charge in [0.25, 0.3) is 0 Å². The maximum atomic E-state index is 12.4. The summed E-state index contributed by atoms with van der Waals surface area (Å²) in [5, 5.41) is 12.6. The SMILES string of the molecule is O=C(O)C1CCCCCN1C(=O)CN1CCCNCC1. The molecule has 1 unspecified atom stereocenters. The fourth-order valence-corrected chi connectivity index (χ4v) is 3.01. The Morgan fingerprint density at radius 2 is 1.90 bits per heavy atom. The molecule has 2 saturated heterocycles. The van der Waals surface area contributed by atoms with Crippen LogP contribution < -0.4 is 5.32 Å². The maximum absolute atomic E-state index is 12.4. The van der Waals surface area contributed by atoms with E-state index >= 15 is 0 Å². The Balaban J connectivity index is 1.95. The second kappa shape index (κ2) is 7.59. The lowest BCUT2D eigenvalue weighted by atomic mass is 10.1. The number of likely N-dealkylation sites (tertiary alicyclic amines) is 1. The second-order valence-electron chi connectivity index (χ2n) is 5.67. The van der Waals surface area contributed by atoms with E-state index in [9.17, 15) is 14.7 Å². The van der Waals surface area contributed by atoms with Gasteiger partial charge in [-0.1, -0.05) is 12.8 Å². The van der Waals surface area contributed by atoms with Crippen LogP contribution in [-0.2, 0) is 9.59 Å². The number of aliphatic carboxylic acids is 1. The van der Waals surface area contributed by atoms with E-state index in [4.69, 9.17) is 0 Å². The number of carbonyl (C=O) groups is 2. The van der Waals surface area contributed by atoms with Crippen molar-refractivity contribution in [3.8, 4) is 0 Å². The zero-order valence-electron chi connectivity index (χ0n) is 12.0. The predicted molar refractivity (Wildman–Crippen MR) is 75.5 cm³/mol. The third-order valence-electron chi connectivity index (χ3n) is 4.15. The highest BCUT2D eigenvalue weighted by Crippen LogP contribution is 2.17. The highest BCUT2D eigenvalue weighted by atomic mass is 16.4. The van der Waals surface area contributed by atoms with Gasteiger partial charge in [0.15, 0.2) is 0 Å². The molecule has 2 aliphatic heterocycles. The summed E-state index contributed by atoms with van der Waals surface area (Å²) in [5.41, 5.74) is 0. The normalized spacial score (nSPS) is 25.8. The molecule has 2 rings (SSSR count). The number of carboxylic acids is 1. The quantitative estimate of drug-likeness (QED) is 0.771. The Labute approximate surface area is 120 Å². The van der Waals surface area contributed by atoms with Gasteiger partial charge in [-0.15, -0.1) is 0 Å². The summed E-state index contributed by atoms with van der Waals surface area (Å²) in [7, 11) is 0. The molecule has 1 amide bonds. The third kappa shape index (κ3) is 4.18. The van der Waals surface area contributed by atoms with E-state index in [1.807, 2.05) is 0 Å². The van der Waals surface area contributed by atoms with Crippen LogP contribution >= 0.6 is 0 Å². The van der Waals surface area contributed by atoms with Gasteiger partial charge in [0.1, 0.15) is 6.04 Å². The van der Waals surface area contributed by atoms with Gasteiger partial charge in [-0.2, -0.15) is 0 Å². The molecule has 0 aliphatic carbocycles. The maximum Gasteiger partial charge on any atom is 0.326 e. The molecular formula is C14H25N3O3. The molecule has 20 heavy (non-hydrogen) atoms. The van der Waals surface area contributed by atoms with Crippen LogP contribution in [0.15, 0.2) is 0 Å². The average Bonchev–Trinajstić information content (AvgIpc) is 2.80. The number of hydrogen-bond acceptors (Lipinski definition) is 4. The Morgan fingerprint density at radius 1 is 1.05 bits per heavy atom.